The van der Waals surface area contributed by atoms with E-state index in [0.29, 0.717) is 37.4 Å². The lowest BCUT2D eigenvalue weighted by Crippen LogP contribution is -2.48. The first-order valence-corrected chi connectivity index (χ1v) is 11.7. The molecule has 170 valence electrons. The third-order valence-electron chi connectivity index (χ3n) is 5.54. The molecular weight excluding hydrogens is 437 g/mol. The molecule has 7 heteroatoms. The summed E-state index contributed by atoms with van der Waals surface area (Å²) in [4.78, 5) is 30.9. The second kappa shape index (κ2) is 10.1. The summed E-state index contributed by atoms with van der Waals surface area (Å²) in [6.07, 6.45) is 0. The Bertz CT molecular complexity index is 1140. The van der Waals surface area contributed by atoms with Crippen LogP contribution < -0.4 is 10.2 Å². The summed E-state index contributed by atoms with van der Waals surface area (Å²) in [6.45, 7) is 6.01. The highest BCUT2D eigenvalue weighted by Crippen LogP contribution is 2.34. The predicted octanol–water partition coefficient (Wildman–Crippen LogP) is 5.21. The van der Waals surface area contributed by atoms with Crippen molar-refractivity contribution in [3.8, 4) is 0 Å². The summed E-state index contributed by atoms with van der Waals surface area (Å²) < 4.78 is 13.2. The van der Waals surface area contributed by atoms with E-state index in [4.69, 9.17) is 0 Å². The molecule has 0 aromatic heterocycles. The molecule has 0 atom stereocenters. The molecule has 0 spiro atoms. The van der Waals surface area contributed by atoms with Gasteiger partial charge >= 0.3 is 0 Å². The highest BCUT2D eigenvalue weighted by molar-refractivity contribution is 7.99. The molecule has 0 saturated carbocycles. The second-order valence-electron chi connectivity index (χ2n) is 8.06. The van der Waals surface area contributed by atoms with Gasteiger partial charge in [-0.15, -0.1) is 0 Å². The van der Waals surface area contributed by atoms with E-state index in [0.717, 1.165) is 15.5 Å². The number of benzene rings is 3. The van der Waals surface area contributed by atoms with Crippen LogP contribution in [0.1, 0.15) is 22.8 Å². The van der Waals surface area contributed by atoms with Crippen LogP contribution in [-0.4, -0.2) is 42.9 Å². The number of hydrogen-bond acceptors (Lipinski definition) is 4. The third kappa shape index (κ3) is 5.73. The molecule has 1 aliphatic heterocycles. The Labute approximate surface area is 197 Å². The Balaban J connectivity index is 1.47. The molecule has 1 aliphatic rings. The SMILES string of the molecule is CC(=O)Nc1cc(C(=O)N2CCN(c3ccc(F)cc3)CC2)ccc1Sc1ccc(C)cc1. The number of halogens is 1. The molecular formula is C26H26FN3O2S. The van der Waals surface area contributed by atoms with Gasteiger partial charge in [0.1, 0.15) is 5.82 Å². The van der Waals surface area contributed by atoms with E-state index in [-0.39, 0.29) is 17.6 Å². The quantitative estimate of drug-likeness (QED) is 0.565. The van der Waals surface area contributed by atoms with Crippen molar-refractivity contribution >= 4 is 35.0 Å². The lowest BCUT2D eigenvalue weighted by atomic mass is 10.1. The lowest BCUT2D eigenvalue weighted by Gasteiger charge is -2.36. The van der Waals surface area contributed by atoms with E-state index >= 15 is 0 Å². The van der Waals surface area contributed by atoms with Gasteiger partial charge in [0.25, 0.3) is 5.91 Å². The van der Waals surface area contributed by atoms with Crippen LogP contribution in [0.3, 0.4) is 0 Å². The zero-order chi connectivity index (χ0) is 23.4. The Morgan fingerprint density at radius 1 is 0.909 bits per heavy atom. The number of hydrogen-bond donors (Lipinski definition) is 1. The number of amides is 2. The number of carbonyl (C=O) groups excluding carboxylic acids is 2. The van der Waals surface area contributed by atoms with Crippen molar-refractivity contribution in [3.63, 3.8) is 0 Å². The number of carbonyl (C=O) groups is 2. The van der Waals surface area contributed by atoms with Crippen molar-refractivity contribution in [1.82, 2.24) is 4.90 Å². The van der Waals surface area contributed by atoms with Gasteiger partial charge in [-0.3, -0.25) is 9.59 Å². The van der Waals surface area contributed by atoms with Crippen LogP contribution in [0, 0.1) is 12.7 Å². The van der Waals surface area contributed by atoms with E-state index in [1.54, 1.807) is 30.0 Å². The van der Waals surface area contributed by atoms with Gasteiger partial charge in [-0.1, -0.05) is 29.5 Å². The predicted molar refractivity (Wildman–Crippen MR) is 131 cm³/mol. The fourth-order valence-corrected chi connectivity index (χ4v) is 4.66. The number of rotatable bonds is 5. The fraction of sp³-hybridized carbons (Fsp3) is 0.231. The minimum absolute atomic E-state index is 0.0627. The summed E-state index contributed by atoms with van der Waals surface area (Å²) in [5.41, 5.74) is 3.31. The average Bonchev–Trinajstić information content (AvgIpc) is 2.81. The zero-order valence-electron chi connectivity index (χ0n) is 18.7. The smallest absolute Gasteiger partial charge is 0.254 e. The molecule has 2 amide bonds. The second-order valence-corrected chi connectivity index (χ2v) is 9.18. The van der Waals surface area contributed by atoms with Crippen LogP contribution in [-0.2, 0) is 4.79 Å². The van der Waals surface area contributed by atoms with Gasteiger partial charge in [0, 0.05) is 54.1 Å². The minimum atomic E-state index is -0.258. The van der Waals surface area contributed by atoms with Crippen molar-refractivity contribution in [2.24, 2.45) is 0 Å². The van der Waals surface area contributed by atoms with E-state index in [1.165, 1.54) is 24.6 Å². The number of anilines is 2. The Kier molecular flexibility index (Phi) is 6.99. The molecule has 0 unspecified atom stereocenters. The molecule has 1 fully saturated rings. The number of nitrogens with zero attached hydrogens (tertiary/aromatic N) is 2. The Morgan fingerprint density at radius 2 is 1.58 bits per heavy atom. The molecule has 33 heavy (non-hydrogen) atoms. The topological polar surface area (TPSA) is 52.7 Å². The van der Waals surface area contributed by atoms with Gasteiger partial charge in [0.2, 0.25) is 5.91 Å². The van der Waals surface area contributed by atoms with Crippen molar-refractivity contribution in [2.75, 3.05) is 36.4 Å². The van der Waals surface area contributed by atoms with Gasteiger partial charge in [-0.05, 0) is 61.5 Å². The number of piperazine rings is 1. The maximum Gasteiger partial charge on any atom is 0.254 e. The molecule has 0 bridgehead atoms. The molecule has 1 saturated heterocycles. The van der Waals surface area contributed by atoms with Gasteiger partial charge in [-0.25, -0.2) is 4.39 Å². The number of aryl methyl sites for hydroxylation is 1. The van der Waals surface area contributed by atoms with E-state index in [9.17, 15) is 14.0 Å². The first kappa shape index (κ1) is 22.9. The van der Waals surface area contributed by atoms with Crippen LogP contribution in [0.25, 0.3) is 0 Å². The summed E-state index contributed by atoms with van der Waals surface area (Å²) in [5.74, 6) is -0.503. The van der Waals surface area contributed by atoms with Crippen molar-refractivity contribution in [2.45, 2.75) is 23.6 Å². The Morgan fingerprint density at radius 3 is 2.21 bits per heavy atom. The monoisotopic (exact) mass is 463 g/mol. The lowest BCUT2D eigenvalue weighted by molar-refractivity contribution is -0.114. The molecule has 0 radical (unpaired) electrons. The molecule has 3 aromatic carbocycles. The van der Waals surface area contributed by atoms with Crippen LogP contribution >= 0.6 is 11.8 Å². The van der Waals surface area contributed by atoms with Crippen LogP contribution in [0.5, 0.6) is 0 Å². The minimum Gasteiger partial charge on any atom is -0.368 e. The average molecular weight is 464 g/mol. The molecule has 5 nitrogen and oxygen atoms in total. The first-order chi connectivity index (χ1) is 15.9. The standard InChI is InChI=1S/C26H26FN3O2S/c1-18-3-10-23(11-4-18)33-25-12-5-20(17-24(25)28-19(2)31)26(32)30-15-13-29(14-16-30)22-8-6-21(27)7-9-22/h3-12,17H,13-16H2,1-2H3,(H,28,31). The molecule has 0 aliphatic carbocycles. The van der Waals surface area contributed by atoms with Crippen LogP contribution in [0.2, 0.25) is 0 Å². The van der Waals surface area contributed by atoms with Gasteiger partial charge < -0.3 is 15.1 Å². The Hall–Kier alpha value is -3.32. The maximum absolute atomic E-state index is 13.2. The summed E-state index contributed by atoms with van der Waals surface area (Å²) in [6, 6.07) is 20.1. The van der Waals surface area contributed by atoms with E-state index in [2.05, 4.69) is 10.2 Å². The van der Waals surface area contributed by atoms with Crippen LogP contribution in [0.15, 0.2) is 76.5 Å². The summed E-state index contributed by atoms with van der Waals surface area (Å²) in [7, 11) is 0. The summed E-state index contributed by atoms with van der Waals surface area (Å²) >= 11 is 1.55. The fourth-order valence-electron chi connectivity index (χ4n) is 3.77. The highest BCUT2D eigenvalue weighted by Gasteiger charge is 2.23. The highest BCUT2D eigenvalue weighted by atomic mass is 32.2. The van der Waals surface area contributed by atoms with E-state index < -0.39 is 0 Å². The number of nitrogens with one attached hydrogen (secondary N) is 1. The first-order valence-electron chi connectivity index (χ1n) is 10.8. The van der Waals surface area contributed by atoms with Crippen molar-refractivity contribution < 1.29 is 14.0 Å². The van der Waals surface area contributed by atoms with Gasteiger partial charge in [0.15, 0.2) is 0 Å². The van der Waals surface area contributed by atoms with Crippen molar-refractivity contribution in [1.29, 1.82) is 0 Å². The van der Waals surface area contributed by atoms with Crippen molar-refractivity contribution in [3.05, 3.63) is 83.7 Å². The maximum atomic E-state index is 13.2. The van der Waals surface area contributed by atoms with Crippen LogP contribution in [0.4, 0.5) is 15.8 Å². The normalized spacial score (nSPS) is 13.7. The van der Waals surface area contributed by atoms with Gasteiger partial charge in [0.05, 0.1) is 5.69 Å². The molecule has 1 heterocycles. The molecule has 4 rings (SSSR count). The molecule has 3 aromatic rings. The van der Waals surface area contributed by atoms with E-state index in [1.807, 2.05) is 48.2 Å². The zero-order valence-corrected chi connectivity index (χ0v) is 19.5. The third-order valence-corrected chi connectivity index (χ3v) is 6.63. The molecule has 1 N–H and O–H groups in total. The summed E-state index contributed by atoms with van der Waals surface area (Å²) in [5, 5.41) is 2.87. The van der Waals surface area contributed by atoms with Gasteiger partial charge in [-0.2, -0.15) is 0 Å². The largest absolute Gasteiger partial charge is 0.368 e.